The number of ether oxygens (including phenoxy) is 4. The summed E-state index contributed by atoms with van der Waals surface area (Å²) in [5.74, 6) is 1.16. The number of quaternary nitrogens is 2. The molecule has 6 aromatic carbocycles. The number of piperidine rings is 8. The van der Waals surface area contributed by atoms with Gasteiger partial charge >= 0.3 is 11.9 Å². The highest BCUT2D eigenvalue weighted by Crippen LogP contribution is 2.39. The molecule has 4 bridgehead atoms. The second-order valence-electron chi connectivity index (χ2n) is 27.8. The van der Waals surface area contributed by atoms with Crippen LogP contribution in [0.5, 0.6) is 0 Å². The lowest BCUT2D eigenvalue weighted by Gasteiger charge is -2.52. The molecule has 8 heterocycles. The van der Waals surface area contributed by atoms with Gasteiger partial charge in [0.2, 0.25) is 0 Å². The molecule has 6 aromatic rings. The van der Waals surface area contributed by atoms with Gasteiger partial charge in [-0.25, -0.2) is 0 Å². The van der Waals surface area contributed by atoms with Crippen molar-refractivity contribution in [3.63, 3.8) is 0 Å². The highest BCUT2D eigenvalue weighted by Gasteiger charge is 2.49. The van der Waals surface area contributed by atoms with E-state index in [1.54, 1.807) is 0 Å². The molecule has 0 aliphatic carbocycles. The summed E-state index contributed by atoms with van der Waals surface area (Å²) in [5, 5.41) is 4.47. The quantitative estimate of drug-likeness (QED) is 0.0216. The fraction of sp³-hybridized carbons (Fsp3) is 0.525. The third-order valence-electron chi connectivity index (χ3n) is 21.2. The summed E-state index contributed by atoms with van der Waals surface area (Å²) in [7, 11) is 3.70. The van der Waals surface area contributed by atoms with Gasteiger partial charge in [-0.2, -0.15) is 0 Å². The minimum absolute atomic E-state index is 0. The predicted molar refractivity (Wildman–Crippen MR) is 378 cm³/mol. The molecule has 8 fully saturated rings. The molecule has 6 atom stereocenters. The number of carbonyl (C=O) groups is 2. The Morgan fingerprint density at radius 1 is 0.463 bits per heavy atom. The van der Waals surface area contributed by atoms with Crippen molar-refractivity contribution in [1.82, 2.24) is 20.0 Å². The molecule has 14 rings (SSSR count). The maximum atomic E-state index is 12.9. The van der Waals surface area contributed by atoms with Gasteiger partial charge in [0.25, 0.3) is 0 Å². The van der Waals surface area contributed by atoms with Crippen LogP contribution in [0.15, 0.2) is 182 Å². The Kier molecular flexibility index (Phi) is 32.4. The lowest BCUT2D eigenvalue weighted by Crippen LogP contribution is -3.00. The van der Waals surface area contributed by atoms with E-state index < -0.39 is 0 Å². The van der Waals surface area contributed by atoms with Gasteiger partial charge in [-0.15, -0.1) is 0 Å². The molecule has 0 spiro atoms. The third-order valence-corrected chi connectivity index (χ3v) is 21.8. The molecule has 95 heavy (non-hydrogen) atoms. The zero-order valence-corrected chi connectivity index (χ0v) is 61.6. The van der Waals surface area contributed by atoms with Gasteiger partial charge in [0, 0.05) is 132 Å². The van der Waals surface area contributed by atoms with Crippen LogP contribution in [0.3, 0.4) is 0 Å². The molecular formula is C80H109Br3N6O6. The van der Waals surface area contributed by atoms with Crippen molar-refractivity contribution in [3.8, 4) is 0 Å². The van der Waals surface area contributed by atoms with Crippen molar-refractivity contribution in [1.29, 1.82) is 0 Å². The van der Waals surface area contributed by atoms with E-state index in [1.807, 2.05) is 14.2 Å². The molecule has 0 unspecified atom stereocenters. The SMILES string of the molecule is CO[C@H]1CN(CCCCCC(=O)O[C@H]2C[N+]3(Cc4ccccc4)CCC2CC3)CC[C@H]1N(Cc1ccccc1)Cc1ccccc1.CO[C@H]1CNCC[C@H]1N(Cc1ccccc1)Cc1ccccc1.O=C(CCCCCBr)O[C@H]1C[N+]2(Cc3ccccc3)CCC1CC2.[Br-].[Br-]. The topological polar surface area (TPSA) is 92.8 Å². The lowest BCUT2D eigenvalue weighted by molar-refractivity contribution is -0.958. The third kappa shape index (κ3) is 23.8. The number of likely N-dealkylation sites (tertiary alicyclic amines) is 1. The van der Waals surface area contributed by atoms with Gasteiger partial charge in [-0.05, 0) is 80.4 Å². The van der Waals surface area contributed by atoms with Crippen molar-refractivity contribution in [3.05, 3.63) is 215 Å². The number of hydrogen-bond donors (Lipinski definition) is 1. The first-order valence-electron chi connectivity index (χ1n) is 35.5. The summed E-state index contributed by atoms with van der Waals surface area (Å²) in [6.07, 6.45) is 15.0. The molecule has 8 aliphatic rings. The number of alkyl halides is 1. The van der Waals surface area contributed by atoms with E-state index in [-0.39, 0.29) is 70.3 Å². The molecule has 8 saturated heterocycles. The van der Waals surface area contributed by atoms with Gasteiger partial charge in [0.1, 0.15) is 26.2 Å². The van der Waals surface area contributed by atoms with E-state index in [0.717, 1.165) is 151 Å². The van der Waals surface area contributed by atoms with E-state index in [1.165, 1.54) is 85.2 Å². The number of nitrogens with one attached hydrogen (secondary N) is 1. The Bertz CT molecular complexity index is 2980. The van der Waals surface area contributed by atoms with Crippen LogP contribution in [0, 0.1) is 11.8 Å². The maximum absolute atomic E-state index is 12.9. The number of carbonyl (C=O) groups excluding carboxylic acids is 2. The van der Waals surface area contributed by atoms with Crippen LogP contribution in [-0.4, -0.2) is 164 Å². The Balaban J connectivity index is 0.000000199. The monoisotopic (exact) mass is 1490 g/mol. The number of halogens is 3. The largest absolute Gasteiger partial charge is 1.00 e. The second kappa shape index (κ2) is 40.4. The first-order chi connectivity index (χ1) is 45.7. The smallest absolute Gasteiger partial charge is 0.306 e. The molecule has 1 N–H and O–H groups in total. The van der Waals surface area contributed by atoms with Crippen LogP contribution in [0.1, 0.15) is 123 Å². The lowest BCUT2D eigenvalue weighted by atomic mass is 9.83. The highest BCUT2D eigenvalue weighted by atomic mass is 79.9. The van der Waals surface area contributed by atoms with Gasteiger partial charge in [-0.3, -0.25) is 19.4 Å². The van der Waals surface area contributed by atoms with E-state index >= 15 is 0 Å². The normalized spacial score (nSPS) is 25.2. The zero-order chi connectivity index (χ0) is 64.3. The number of unbranched alkanes of at least 4 members (excludes halogenated alkanes) is 4. The van der Waals surface area contributed by atoms with Crippen LogP contribution in [0.25, 0.3) is 0 Å². The molecule has 0 amide bonds. The molecule has 0 radical (unpaired) electrons. The van der Waals surface area contributed by atoms with E-state index in [9.17, 15) is 9.59 Å². The maximum Gasteiger partial charge on any atom is 0.306 e. The number of nitrogens with zero attached hydrogens (tertiary/aromatic N) is 5. The fourth-order valence-electron chi connectivity index (χ4n) is 16.0. The van der Waals surface area contributed by atoms with Crippen LogP contribution < -0.4 is 39.3 Å². The zero-order valence-electron chi connectivity index (χ0n) is 56.9. The number of esters is 2. The minimum atomic E-state index is 0. The minimum Gasteiger partial charge on any atom is -1.00 e. The average molecular weight is 1490 g/mol. The average Bonchev–Trinajstić information content (AvgIpc) is 0.795. The summed E-state index contributed by atoms with van der Waals surface area (Å²) in [6.45, 7) is 17.9. The van der Waals surface area contributed by atoms with Crippen LogP contribution in [0.2, 0.25) is 0 Å². The summed E-state index contributed by atoms with van der Waals surface area (Å²) in [5.41, 5.74) is 8.20. The Morgan fingerprint density at radius 3 is 1.21 bits per heavy atom. The second-order valence-corrected chi connectivity index (χ2v) is 28.6. The van der Waals surface area contributed by atoms with E-state index in [0.29, 0.717) is 36.8 Å². The Labute approximate surface area is 599 Å². The number of fused-ring (bicyclic) bond motifs is 6. The molecule has 15 heteroatoms. The van der Waals surface area contributed by atoms with Gasteiger partial charge < -0.3 is 72.1 Å². The number of methoxy groups -OCH3 is 2. The molecular weight excluding hydrogens is 1380 g/mol. The van der Waals surface area contributed by atoms with E-state index in [4.69, 9.17) is 18.9 Å². The molecule has 12 nitrogen and oxygen atoms in total. The Hall–Kier alpha value is -4.62. The van der Waals surface area contributed by atoms with Crippen LogP contribution in [-0.2, 0) is 67.8 Å². The van der Waals surface area contributed by atoms with Crippen LogP contribution in [0.4, 0.5) is 0 Å². The first kappa shape index (κ1) is 76.1. The van der Waals surface area contributed by atoms with Crippen molar-refractivity contribution in [2.75, 3.05) is 91.5 Å². The highest BCUT2D eigenvalue weighted by molar-refractivity contribution is 9.09. The van der Waals surface area contributed by atoms with Crippen LogP contribution >= 0.6 is 15.9 Å². The van der Waals surface area contributed by atoms with E-state index in [2.05, 4.69) is 218 Å². The number of hydrogen-bond acceptors (Lipinski definition) is 10. The summed E-state index contributed by atoms with van der Waals surface area (Å²) in [6, 6.07) is 65.5. The van der Waals surface area contributed by atoms with Crippen molar-refractivity contribution < 1.29 is 71.5 Å². The first-order valence-corrected chi connectivity index (χ1v) is 36.6. The standard InChI is InChI=1S/C40H54N3O3.C20H29BrNO2.C20H26N2O.2BrH/c1-45-38-30-41(25-21-37(38)42(28-33-14-6-2-7-15-33)29-34-16-8-3-9-17-34)24-13-5-12-20-40(44)46-39-32-43(26-22-36(39)23-27-43)31-35-18-10-4-11-19-35;21-12-6-2-5-9-20(23)24-19-16-22(13-10-18(19)11-14-22)15-17-7-3-1-4-8-17;1-23-20-14-21-13-12-19(20)22(15-17-8-4-2-5-9-17)16-18-10-6-3-7-11-18;;/h2-4,6-11,14-19,36-39H,5,12-13,20-32H2,1H3;1,3-4,7-8,18-19H,2,5-6,9-16H2;2-11,19-21H,12-16H2,1H3;2*1H/q2*+1;;;/p-2/t36?,37-,38+,39+,43?;18?,19-,22?;19-,20+;;/m101../s1. The summed E-state index contributed by atoms with van der Waals surface area (Å²) in [4.78, 5) is 32.8. The van der Waals surface area contributed by atoms with Gasteiger partial charge in [-0.1, -0.05) is 211 Å². The summed E-state index contributed by atoms with van der Waals surface area (Å²) >= 11 is 3.43. The fourth-order valence-corrected chi connectivity index (χ4v) is 16.4. The molecule has 8 aliphatic heterocycles. The molecule has 0 saturated carbocycles. The van der Waals surface area contributed by atoms with Crippen molar-refractivity contribution >= 4 is 27.9 Å². The molecule has 516 valence electrons. The van der Waals surface area contributed by atoms with Gasteiger partial charge in [0.15, 0.2) is 12.2 Å². The van der Waals surface area contributed by atoms with Gasteiger partial charge in [0.05, 0.1) is 38.4 Å². The Morgan fingerprint density at radius 2 is 0.832 bits per heavy atom. The van der Waals surface area contributed by atoms with Crippen molar-refractivity contribution in [2.45, 2.75) is 166 Å². The number of rotatable bonds is 29. The molecule has 0 aromatic heterocycles. The number of benzene rings is 6. The summed E-state index contributed by atoms with van der Waals surface area (Å²) < 4.78 is 26.1. The predicted octanol–water partition coefficient (Wildman–Crippen LogP) is 8.06. The van der Waals surface area contributed by atoms with Crippen molar-refractivity contribution in [2.24, 2.45) is 11.8 Å².